The monoisotopic (exact) mass is 172 g/mol. The maximum absolute atomic E-state index is 8.41. The summed E-state index contributed by atoms with van der Waals surface area (Å²) >= 11 is 5.60. The lowest BCUT2D eigenvalue weighted by Crippen LogP contribution is -2.26. The molecule has 0 radical (unpaired) electrons. The Hall–Kier alpha value is -0.520. The van der Waals surface area contributed by atoms with E-state index in [-0.39, 0.29) is 0 Å². The minimum Gasteiger partial charge on any atom is -0.285 e. The summed E-state index contributed by atoms with van der Waals surface area (Å²) in [6.45, 7) is 7.59. The molecule has 0 saturated carbocycles. The molecule has 0 rings (SSSR count). The Bertz CT molecular complexity index is 160. The van der Waals surface area contributed by atoms with Crippen molar-refractivity contribution in [1.29, 1.82) is 5.26 Å². The fourth-order valence-corrected chi connectivity index (χ4v) is 1.04. The summed E-state index contributed by atoms with van der Waals surface area (Å²) < 4.78 is 0. The SMILES string of the molecule is C=C(Cl)CN(CC#N)CCC. The van der Waals surface area contributed by atoms with Crippen LogP contribution in [0.4, 0.5) is 0 Å². The van der Waals surface area contributed by atoms with Gasteiger partial charge in [0, 0.05) is 11.6 Å². The Labute approximate surface area is 73.1 Å². The molecular weight excluding hydrogens is 160 g/mol. The van der Waals surface area contributed by atoms with Crippen LogP contribution < -0.4 is 0 Å². The van der Waals surface area contributed by atoms with Crippen LogP contribution >= 0.6 is 11.6 Å². The minimum atomic E-state index is 0.430. The molecular formula is C8H13ClN2. The van der Waals surface area contributed by atoms with Crippen molar-refractivity contribution in [2.75, 3.05) is 19.6 Å². The number of hydrogen-bond acceptors (Lipinski definition) is 2. The number of rotatable bonds is 5. The molecule has 0 bridgehead atoms. The highest BCUT2D eigenvalue weighted by atomic mass is 35.5. The molecule has 0 atom stereocenters. The third-order valence-electron chi connectivity index (χ3n) is 1.23. The zero-order chi connectivity index (χ0) is 8.69. The highest BCUT2D eigenvalue weighted by Gasteiger charge is 2.02. The van der Waals surface area contributed by atoms with Gasteiger partial charge in [-0.2, -0.15) is 5.26 Å². The van der Waals surface area contributed by atoms with Gasteiger partial charge in [0.05, 0.1) is 12.6 Å². The van der Waals surface area contributed by atoms with E-state index in [2.05, 4.69) is 19.6 Å². The summed E-state index contributed by atoms with van der Waals surface area (Å²) in [4.78, 5) is 1.97. The fraction of sp³-hybridized carbons (Fsp3) is 0.625. The molecule has 0 aliphatic heterocycles. The van der Waals surface area contributed by atoms with Crippen LogP contribution in [-0.2, 0) is 0 Å². The van der Waals surface area contributed by atoms with Crippen LogP contribution in [-0.4, -0.2) is 24.5 Å². The van der Waals surface area contributed by atoms with Crippen LogP contribution in [0.2, 0.25) is 0 Å². The highest BCUT2D eigenvalue weighted by molar-refractivity contribution is 6.29. The van der Waals surface area contributed by atoms with Gasteiger partial charge in [-0.25, -0.2) is 0 Å². The molecule has 0 fully saturated rings. The van der Waals surface area contributed by atoms with E-state index in [1.807, 2.05) is 4.90 Å². The Morgan fingerprint density at radius 3 is 2.73 bits per heavy atom. The first kappa shape index (κ1) is 10.5. The van der Waals surface area contributed by atoms with Gasteiger partial charge < -0.3 is 0 Å². The Balaban J connectivity index is 3.70. The molecule has 0 spiro atoms. The zero-order valence-corrected chi connectivity index (χ0v) is 7.56. The maximum atomic E-state index is 8.41. The first-order chi connectivity index (χ1) is 5.20. The molecule has 0 heterocycles. The number of hydrogen-bond donors (Lipinski definition) is 0. The van der Waals surface area contributed by atoms with E-state index in [1.165, 1.54) is 0 Å². The van der Waals surface area contributed by atoms with Crippen molar-refractivity contribution >= 4 is 11.6 Å². The average Bonchev–Trinajstić information content (AvgIpc) is 1.87. The van der Waals surface area contributed by atoms with Crippen molar-refractivity contribution in [2.24, 2.45) is 0 Å². The molecule has 0 amide bonds. The highest BCUT2D eigenvalue weighted by Crippen LogP contribution is 2.01. The van der Waals surface area contributed by atoms with Crippen molar-refractivity contribution in [3.8, 4) is 6.07 Å². The van der Waals surface area contributed by atoms with E-state index in [9.17, 15) is 0 Å². The number of halogens is 1. The number of nitriles is 1. The third-order valence-corrected chi connectivity index (χ3v) is 1.35. The smallest absolute Gasteiger partial charge is 0.0869 e. The van der Waals surface area contributed by atoms with Crippen molar-refractivity contribution in [3.63, 3.8) is 0 Å². The third kappa shape index (κ3) is 5.90. The summed E-state index contributed by atoms with van der Waals surface area (Å²) in [5.74, 6) is 0. The van der Waals surface area contributed by atoms with Crippen LogP contribution in [0, 0.1) is 11.3 Å². The molecule has 0 aliphatic carbocycles. The molecule has 62 valence electrons. The van der Waals surface area contributed by atoms with Crippen molar-refractivity contribution in [1.82, 2.24) is 4.90 Å². The Kier molecular flexibility index (Phi) is 5.91. The van der Waals surface area contributed by atoms with Crippen molar-refractivity contribution < 1.29 is 0 Å². The largest absolute Gasteiger partial charge is 0.285 e. The molecule has 11 heavy (non-hydrogen) atoms. The van der Waals surface area contributed by atoms with Gasteiger partial charge in [-0.15, -0.1) is 0 Å². The second kappa shape index (κ2) is 6.21. The van der Waals surface area contributed by atoms with Gasteiger partial charge in [-0.05, 0) is 13.0 Å². The van der Waals surface area contributed by atoms with Crippen LogP contribution in [0.3, 0.4) is 0 Å². The topological polar surface area (TPSA) is 27.0 Å². The summed E-state index contributed by atoms with van der Waals surface area (Å²) in [6, 6.07) is 2.08. The van der Waals surface area contributed by atoms with Gasteiger partial charge in [-0.1, -0.05) is 25.1 Å². The van der Waals surface area contributed by atoms with E-state index in [1.54, 1.807) is 0 Å². The van der Waals surface area contributed by atoms with Crippen molar-refractivity contribution in [2.45, 2.75) is 13.3 Å². The second-order valence-electron chi connectivity index (χ2n) is 2.39. The van der Waals surface area contributed by atoms with Gasteiger partial charge >= 0.3 is 0 Å². The second-order valence-corrected chi connectivity index (χ2v) is 2.92. The van der Waals surface area contributed by atoms with Crippen molar-refractivity contribution in [3.05, 3.63) is 11.6 Å². The first-order valence-corrected chi connectivity index (χ1v) is 4.01. The number of nitrogens with zero attached hydrogens (tertiary/aromatic N) is 2. The van der Waals surface area contributed by atoms with Crippen LogP contribution in [0.25, 0.3) is 0 Å². The predicted molar refractivity (Wildman–Crippen MR) is 47.3 cm³/mol. The quantitative estimate of drug-likeness (QED) is 0.593. The predicted octanol–water partition coefficient (Wildman–Crippen LogP) is 1.97. The summed E-state index contributed by atoms with van der Waals surface area (Å²) in [7, 11) is 0. The lowest BCUT2D eigenvalue weighted by molar-refractivity contribution is 0.337. The molecule has 0 aromatic rings. The molecule has 0 unspecified atom stereocenters. The van der Waals surface area contributed by atoms with E-state index in [0.717, 1.165) is 13.0 Å². The molecule has 0 aromatic heterocycles. The minimum absolute atomic E-state index is 0.430. The zero-order valence-electron chi connectivity index (χ0n) is 6.81. The van der Waals surface area contributed by atoms with Crippen LogP contribution in [0.1, 0.15) is 13.3 Å². The van der Waals surface area contributed by atoms with Gasteiger partial charge in [0.25, 0.3) is 0 Å². The van der Waals surface area contributed by atoms with E-state index >= 15 is 0 Å². The first-order valence-electron chi connectivity index (χ1n) is 3.63. The molecule has 0 N–H and O–H groups in total. The van der Waals surface area contributed by atoms with Gasteiger partial charge in [0.2, 0.25) is 0 Å². The molecule has 3 heteroatoms. The lowest BCUT2D eigenvalue weighted by atomic mass is 10.4. The molecule has 0 aliphatic rings. The maximum Gasteiger partial charge on any atom is 0.0869 e. The summed E-state index contributed by atoms with van der Waals surface area (Å²) in [5, 5.41) is 9.00. The fourth-order valence-electron chi connectivity index (χ4n) is 0.873. The van der Waals surface area contributed by atoms with E-state index in [4.69, 9.17) is 16.9 Å². The summed E-state index contributed by atoms with van der Waals surface area (Å²) in [6.07, 6.45) is 1.03. The van der Waals surface area contributed by atoms with Gasteiger partial charge in [0.15, 0.2) is 0 Å². The van der Waals surface area contributed by atoms with E-state index in [0.29, 0.717) is 18.1 Å². The van der Waals surface area contributed by atoms with Gasteiger partial charge in [-0.3, -0.25) is 4.90 Å². The normalized spacial score (nSPS) is 9.64. The Morgan fingerprint density at radius 2 is 2.36 bits per heavy atom. The Morgan fingerprint density at radius 1 is 1.73 bits per heavy atom. The van der Waals surface area contributed by atoms with Gasteiger partial charge in [0.1, 0.15) is 0 Å². The van der Waals surface area contributed by atoms with Crippen LogP contribution in [0.15, 0.2) is 11.6 Å². The average molecular weight is 173 g/mol. The van der Waals surface area contributed by atoms with E-state index < -0.39 is 0 Å². The molecule has 2 nitrogen and oxygen atoms in total. The molecule has 0 aromatic carbocycles. The molecule has 0 saturated heterocycles. The standard InChI is InChI=1S/C8H13ClN2/c1-3-5-11(6-4-10)7-8(2)9/h2-3,5-7H2,1H3. The van der Waals surface area contributed by atoms with Crippen LogP contribution in [0.5, 0.6) is 0 Å². The summed E-state index contributed by atoms with van der Waals surface area (Å²) in [5.41, 5.74) is 0. The lowest BCUT2D eigenvalue weighted by Gasteiger charge is -2.16.